The Morgan fingerprint density at radius 3 is 1.67 bits per heavy atom. The van der Waals surface area contributed by atoms with Crippen LogP contribution in [0.4, 0.5) is 43.9 Å². The number of amides is 1. The quantitative estimate of drug-likeness (QED) is 0.222. The van der Waals surface area contributed by atoms with E-state index >= 15 is 0 Å². The fourth-order valence-electron chi connectivity index (χ4n) is 3.92. The van der Waals surface area contributed by atoms with Gasteiger partial charge in [-0.1, -0.05) is 24.3 Å². The van der Waals surface area contributed by atoms with Crippen LogP contribution in [0.2, 0.25) is 0 Å². The molecule has 1 N–H and O–H groups in total. The number of carbonyl (C=O) groups is 2. The van der Waals surface area contributed by atoms with Gasteiger partial charge in [0.1, 0.15) is 22.9 Å². The van der Waals surface area contributed by atoms with Crippen LogP contribution in [0.5, 0.6) is 11.5 Å². The minimum Gasteiger partial charge on any atom is -0.469 e. The number of alkyl halides is 9. The van der Waals surface area contributed by atoms with E-state index in [4.69, 9.17) is 0 Å². The van der Waals surface area contributed by atoms with Crippen molar-refractivity contribution >= 4 is 11.9 Å². The van der Waals surface area contributed by atoms with E-state index in [1.54, 1.807) is 0 Å². The molecule has 0 unspecified atom stereocenters. The van der Waals surface area contributed by atoms with Crippen LogP contribution in [0.1, 0.15) is 33.5 Å². The summed E-state index contributed by atoms with van der Waals surface area (Å²) in [7, 11) is 0.886. The fraction of sp³-hybridized carbons (Fsp3) is 0.231. The summed E-state index contributed by atoms with van der Waals surface area (Å²) < 4.78 is 144. The average molecular weight is 613 g/mol. The highest BCUT2D eigenvalue weighted by Gasteiger charge is 2.42. The molecule has 226 valence electrons. The molecule has 42 heavy (non-hydrogen) atoms. The smallest absolute Gasteiger partial charge is 0.469 e. The van der Waals surface area contributed by atoms with Gasteiger partial charge in [-0.3, -0.25) is 9.59 Å². The second kappa shape index (κ2) is 11.8. The summed E-state index contributed by atoms with van der Waals surface area (Å²) in [6.07, 6.45) is -16.7. The van der Waals surface area contributed by atoms with Crippen molar-refractivity contribution in [1.82, 2.24) is 5.32 Å². The highest BCUT2D eigenvalue weighted by atomic mass is 19.4. The summed E-state index contributed by atoms with van der Waals surface area (Å²) >= 11 is 0. The van der Waals surface area contributed by atoms with E-state index in [0.717, 1.165) is 43.5 Å². The zero-order valence-electron chi connectivity index (χ0n) is 20.9. The summed E-state index contributed by atoms with van der Waals surface area (Å²) in [5.74, 6) is -6.07. The second-order valence-electron chi connectivity index (χ2n) is 8.46. The number of rotatable bonds is 8. The molecule has 0 fully saturated rings. The third-order valence-corrected chi connectivity index (χ3v) is 5.62. The van der Waals surface area contributed by atoms with Crippen molar-refractivity contribution in [1.29, 1.82) is 0 Å². The first-order valence-electron chi connectivity index (χ1n) is 11.3. The third kappa shape index (κ3) is 8.04. The monoisotopic (exact) mass is 613 g/mol. The lowest BCUT2D eigenvalue weighted by Gasteiger charge is -2.36. The molecule has 3 aromatic carbocycles. The molecule has 0 heterocycles. The van der Waals surface area contributed by atoms with E-state index in [1.165, 1.54) is 0 Å². The van der Waals surface area contributed by atoms with E-state index in [9.17, 15) is 53.5 Å². The maximum Gasteiger partial charge on any atom is 0.573 e. The second-order valence-corrected chi connectivity index (χ2v) is 8.46. The molecular weight excluding hydrogens is 596 g/mol. The highest BCUT2D eigenvalue weighted by Crippen LogP contribution is 2.39. The first-order chi connectivity index (χ1) is 19.3. The van der Waals surface area contributed by atoms with Gasteiger partial charge >= 0.3 is 24.9 Å². The Bertz CT molecular complexity index is 1390. The molecule has 0 saturated carbocycles. The lowest BCUT2D eigenvalue weighted by Crippen LogP contribution is -2.48. The summed E-state index contributed by atoms with van der Waals surface area (Å²) in [6, 6.07) is 8.28. The molecule has 3 aromatic rings. The number of methoxy groups -OCH3 is 1. The van der Waals surface area contributed by atoms with Gasteiger partial charge in [-0.2, -0.15) is 13.2 Å². The number of ether oxygens (including phenoxy) is 3. The van der Waals surface area contributed by atoms with E-state index < -0.39 is 82.3 Å². The predicted octanol–water partition coefficient (Wildman–Crippen LogP) is 6.88. The van der Waals surface area contributed by atoms with Crippen LogP contribution in [-0.2, 0) is 21.2 Å². The van der Waals surface area contributed by atoms with E-state index in [2.05, 4.69) is 19.5 Å². The number of benzene rings is 3. The Morgan fingerprint density at radius 1 is 0.738 bits per heavy atom. The molecule has 0 aromatic heterocycles. The minimum absolute atomic E-state index is 0.139. The van der Waals surface area contributed by atoms with Crippen molar-refractivity contribution in [3.05, 3.63) is 94.8 Å². The van der Waals surface area contributed by atoms with Gasteiger partial charge in [0.2, 0.25) is 0 Å². The Labute approximate surface area is 229 Å². The molecule has 3 rings (SSSR count). The molecule has 0 radical (unpaired) electrons. The van der Waals surface area contributed by atoms with Gasteiger partial charge in [-0.25, -0.2) is 4.39 Å². The Hall–Kier alpha value is -4.50. The molecule has 6 nitrogen and oxygen atoms in total. The van der Waals surface area contributed by atoms with Crippen molar-refractivity contribution in [2.24, 2.45) is 0 Å². The first kappa shape index (κ1) is 32.0. The number of hydrogen-bond acceptors (Lipinski definition) is 5. The number of halogens is 10. The Morgan fingerprint density at radius 2 is 1.24 bits per heavy atom. The van der Waals surface area contributed by atoms with E-state index in [0.29, 0.717) is 24.3 Å². The standard InChI is InChI=1S/C26H17F10NO5/c1-40-21(38)13-23(15-4-2-6-17(11-15)41-25(31,32)33,16-5-3-7-18(12-16)42-26(34,35)36)37-22(39)14-8-9-20(27)19(10-14)24(28,29)30/h2-12H,13H2,1H3,(H,37,39). The van der Waals surface area contributed by atoms with Crippen molar-refractivity contribution in [2.75, 3.05) is 7.11 Å². The molecular formula is C26H17F10NO5. The number of esters is 1. The molecule has 0 saturated heterocycles. The van der Waals surface area contributed by atoms with Crippen LogP contribution >= 0.6 is 0 Å². The minimum atomic E-state index is -5.24. The van der Waals surface area contributed by atoms with Gasteiger partial charge in [0.05, 0.1) is 19.1 Å². The number of hydrogen-bond donors (Lipinski definition) is 1. The third-order valence-electron chi connectivity index (χ3n) is 5.62. The Balaban J connectivity index is 2.28. The largest absolute Gasteiger partial charge is 0.573 e. The van der Waals surface area contributed by atoms with Gasteiger partial charge in [0.25, 0.3) is 5.91 Å². The lowest BCUT2D eigenvalue weighted by atomic mass is 9.79. The van der Waals surface area contributed by atoms with Crippen molar-refractivity contribution in [3.63, 3.8) is 0 Å². The van der Waals surface area contributed by atoms with Crippen LogP contribution in [0.25, 0.3) is 0 Å². The molecule has 1 amide bonds. The topological polar surface area (TPSA) is 73.9 Å². The van der Waals surface area contributed by atoms with Crippen molar-refractivity contribution < 1.29 is 67.7 Å². The van der Waals surface area contributed by atoms with E-state index in [1.807, 2.05) is 0 Å². The maximum absolute atomic E-state index is 13.8. The molecule has 0 aliphatic heterocycles. The zero-order valence-corrected chi connectivity index (χ0v) is 20.9. The fourth-order valence-corrected chi connectivity index (χ4v) is 3.92. The summed E-state index contributed by atoms with van der Waals surface area (Å²) in [4.78, 5) is 25.9. The summed E-state index contributed by atoms with van der Waals surface area (Å²) in [5.41, 5.74) is -5.86. The summed E-state index contributed by atoms with van der Waals surface area (Å²) in [6.45, 7) is 0. The molecule has 0 atom stereocenters. The molecule has 0 spiro atoms. The van der Waals surface area contributed by atoms with Crippen molar-refractivity contribution in [2.45, 2.75) is 30.9 Å². The highest BCUT2D eigenvalue weighted by molar-refractivity contribution is 5.96. The number of carbonyl (C=O) groups excluding carboxylic acids is 2. The van der Waals surface area contributed by atoms with Crippen LogP contribution < -0.4 is 14.8 Å². The van der Waals surface area contributed by atoms with Crippen LogP contribution in [0.15, 0.2) is 66.7 Å². The average Bonchev–Trinajstić information content (AvgIpc) is 2.86. The maximum atomic E-state index is 13.8. The van der Waals surface area contributed by atoms with Gasteiger partial charge in [-0.05, 0) is 53.6 Å². The molecule has 16 heteroatoms. The summed E-state index contributed by atoms with van der Waals surface area (Å²) in [5, 5.41) is 2.22. The van der Waals surface area contributed by atoms with E-state index in [-0.39, 0.29) is 6.07 Å². The SMILES string of the molecule is COC(=O)CC(NC(=O)c1ccc(F)c(C(F)(F)F)c1)(c1cccc(OC(F)(F)F)c1)c1cccc(OC(F)(F)F)c1. The molecule has 0 bridgehead atoms. The number of nitrogens with one attached hydrogen (secondary N) is 1. The van der Waals surface area contributed by atoms with Crippen molar-refractivity contribution in [3.8, 4) is 11.5 Å². The zero-order chi connectivity index (χ0) is 31.5. The van der Waals surface area contributed by atoms with Gasteiger partial charge in [-0.15, -0.1) is 26.3 Å². The molecule has 0 aliphatic carbocycles. The molecule has 0 aliphatic rings. The van der Waals surface area contributed by atoms with Crippen LogP contribution in [0.3, 0.4) is 0 Å². The first-order valence-corrected chi connectivity index (χ1v) is 11.3. The normalized spacial score (nSPS) is 12.5. The van der Waals surface area contributed by atoms with Crippen LogP contribution in [-0.4, -0.2) is 31.7 Å². The van der Waals surface area contributed by atoms with Gasteiger partial charge < -0.3 is 19.5 Å². The lowest BCUT2D eigenvalue weighted by molar-refractivity contribution is -0.275. The van der Waals surface area contributed by atoms with Gasteiger partial charge in [0, 0.05) is 5.56 Å². The predicted molar refractivity (Wildman–Crippen MR) is 123 cm³/mol. The van der Waals surface area contributed by atoms with Crippen LogP contribution in [0, 0.1) is 5.82 Å². The Kier molecular flexibility index (Phi) is 8.98. The van der Waals surface area contributed by atoms with Gasteiger partial charge in [0.15, 0.2) is 0 Å².